The maximum absolute atomic E-state index is 11.6. The van der Waals surface area contributed by atoms with Crippen molar-refractivity contribution in [3.8, 4) is 0 Å². The highest BCUT2D eigenvalue weighted by molar-refractivity contribution is 5.90. The monoisotopic (exact) mass is 248 g/mol. The fourth-order valence-electron chi connectivity index (χ4n) is 2.14. The molecule has 0 spiro atoms. The Morgan fingerprint density at radius 2 is 2.44 bits per heavy atom. The molecule has 1 unspecified atom stereocenters. The van der Waals surface area contributed by atoms with E-state index in [1.165, 1.54) is 12.8 Å². The van der Waals surface area contributed by atoms with Crippen molar-refractivity contribution < 1.29 is 9.53 Å². The molecular weight excluding hydrogens is 228 g/mol. The van der Waals surface area contributed by atoms with Crippen LogP contribution in [0, 0.1) is 0 Å². The van der Waals surface area contributed by atoms with Gasteiger partial charge in [-0.25, -0.2) is 4.79 Å². The van der Waals surface area contributed by atoms with Crippen molar-refractivity contribution in [1.29, 1.82) is 0 Å². The number of ether oxygens (including phenoxy) is 1. The van der Waals surface area contributed by atoms with Crippen LogP contribution >= 0.6 is 0 Å². The molecule has 1 aromatic carbocycles. The molecule has 1 aromatic rings. The molecule has 0 aromatic heterocycles. The predicted octanol–water partition coefficient (Wildman–Crippen LogP) is 2.03. The van der Waals surface area contributed by atoms with Crippen LogP contribution in [-0.4, -0.2) is 31.7 Å². The lowest BCUT2D eigenvalue weighted by Gasteiger charge is -2.13. The Morgan fingerprint density at radius 1 is 1.56 bits per heavy atom. The van der Waals surface area contributed by atoms with Gasteiger partial charge < -0.3 is 15.4 Å². The van der Waals surface area contributed by atoms with Crippen LogP contribution in [0.15, 0.2) is 24.3 Å². The molecule has 98 valence electrons. The highest BCUT2D eigenvalue weighted by atomic mass is 16.5. The van der Waals surface area contributed by atoms with Gasteiger partial charge in [-0.05, 0) is 44.5 Å². The van der Waals surface area contributed by atoms with Crippen molar-refractivity contribution in [3.05, 3.63) is 29.8 Å². The number of anilines is 1. The minimum Gasteiger partial charge on any atom is -0.462 e. The molecule has 0 aliphatic carbocycles. The highest BCUT2D eigenvalue weighted by Crippen LogP contribution is 2.13. The van der Waals surface area contributed by atoms with Gasteiger partial charge in [0.2, 0.25) is 0 Å². The van der Waals surface area contributed by atoms with E-state index in [1.807, 2.05) is 25.1 Å². The van der Waals surface area contributed by atoms with E-state index in [0.29, 0.717) is 18.2 Å². The SMILES string of the molecule is CCOC(=O)c1cccc(NCC2CCCN2)c1. The summed E-state index contributed by atoms with van der Waals surface area (Å²) in [6.07, 6.45) is 2.46. The second-order valence-electron chi connectivity index (χ2n) is 4.48. The summed E-state index contributed by atoms with van der Waals surface area (Å²) in [6, 6.07) is 7.99. The van der Waals surface area contributed by atoms with Crippen molar-refractivity contribution in [2.24, 2.45) is 0 Å². The molecule has 1 fully saturated rings. The van der Waals surface area contributed by atoms with Gasteiger partial charge in [-0.15, -0.1) is 0 Å². The van der Waals surface area contributed by atoms with Crippen molar-refractivity contribution >= 4 is 11.7 Å². The van der Waals surface area contributed by atoms with Crippen molar-refractivity contribution in [3.63, 3.8) is 0 Å². The molecular formula is C14H20N2O2. The van der Waals surface area contributed by atoms with Gasteiger partial charge in [0.05, 0.1) is 12.2 Å². The number of rotatable bonds is 5. The van der Waals surface area contributed by atoms with Crippen LogP contribution < -0.4 is 10.6 Å². The maximum atomic E-state index is 11.6. The molecule has 1 aliphatic heterocycles. The Morgan fingerprint density at radius 3 is 3.17 bits per heavy atom. The Labute approximate surface area is 108 Å². The molecule has 2 rings (SSSR count). The van der Waals surface area contributed by atoms with Crippen LogP contribution in [0.2, 0.25) is 0 Å². The van der Waals surface area contributed by atoms with Gasteiger partial charge in [0.1, 0.15) is 0 Å². The molecule has 1 saturated heterocycles. The minimum atomic E-state index is -0.264. The first kappa shape index (κ1) is 12.9. The molecule has 0 saturated carbocycles. The number of nitrogens with one attached hydrogen (secondary N) is 2. The van der Waals surface area contributed by atoms with E-state index in [0.717, 1.165) is 18.8 Å². The van der Waals surface area contributed by atoms with Gasteiger partial charge in [0, 0.05) is 18.3 Å². The van der Waals surface area contributed by atoms with Gasteiger partial charge in [-0.2, -0.15) is 0 Å². The lowest BCUT2D eigenvalue weighted by atomic mass is 10.2. The fourth-order valence-corrected chi connectivity index (χ4v) is 2.14. The largest absolute Gasteiger partial charge is 0.462 e. The summed E-state index contributed by atoms with van der Waals surface area (Å²) >= 11 is 0. The van der Waals surface area contributed by atoms with Gasteiger partial charge in [-0.1, -0.05) is 6.07 Å². The predicted molar refractivity (Wildman–Crippen MR) is 71.9 cm³/mol. The Balaban J connectivity index is 1.91. The first-order valence-electron chi connectivity index (χ1n) is 6.54. The van der Waals surface area contributed by atoms with E-state index in [1.54, 1.807) is 6.07 Å². The summed E-state index contributed by atoms with van der Waals surface area (Å²) in [7, 11) is 0. The van der Waals surface area contributed by atoms with E-state index in [-0.39, 0.29) is 5.97 Å². The number of hydrogen-bond acceptors (Lipinski definition) is 4. The quantitative estimate of drug-likeness (QED) is 0.783. The molecule has 1 heterocycles. The lowest BCUT2D eigenvalue weighted by Crippen LogP contribution is -2.29. The zero-order chi connectivity index (χ0) is 12.8. The Hall–Kier alpha value is -1.55. The number of esters is 1. The third-order valence-electron chi connectivity index (χ3n) is 3.09. The molecule has 0 amide bonds. The molecule has 0 radical (unpaired) electrons. The molecule has 4 heteroatoms. The first-order chi connectivity index (χ1) is 8.79. The van der Waals surface area contributed by atoms with Crippen molar-refractivity contribution in [2.45, 2.75) is 25.8 Å². The maximum Gasteiger partial charge on any atom is 0.338 e. The Kier molecular flexibility index (Phi) is 4.59. The van der Waals surface area contributed by atoms with Crippen molar-refractivity contribution in [1.82, 2.24) is 5.32 Å². The first-order valence-corrected chi connectivity index (χ1v) is 6.54. The molecule has 18 heavy (non-hydrogen) atoms. The standard InChI is InChI=1S/C14H20N2O2/c1-2-18-14(17)11-5-3-6-12(9-11)16-10-13-7-4-8-15-13/h3,5-6,9,13,15-16H,2,4,7-8,10H2,1H3. The van der Waals surface area contributed by atoms with Gasteiger partial charge in [0.25, 0.3) is 0 Å². The molecule has 0 bridgehead atoms. The number of carbonyl (C=O) groups is 1. The van der Waals surface area contributed by atoms with Crippen LogP contribution in [0.5, 0.6) is 0 Å². The number of carbonyl (C=O) groups excluding carboxylic acids is 1. The van der Waals surface area contributed by atoms with Crippen molar-refractivity contribution in [2.75, 3.05) is 25.0 Å². The van der Waals surface area contributed by atoms with Gasteiger partial charge >= 0.3 is 5.97 Å². The van der Waals surface area contributed by atoms with Crippen LogP contribution in [0.4, 0.5) is 5.69 Å². The van der Waals surface area contributed by atoms with Gasteiger partial charge in [-0.3, -0.25) is 0 Å². The summed E-state index contributed by atoms with van der Waals surface area (Å²) < 4.78 is 4.98. The summed E-state index contributed by atoms with van der Waals surface area (Å²) in [5, 5.41) is 6.78. The summed E-state index contributed by atoms with van der Waals surface area (Å²) in [4.78, 5) is 11.6. The highest BCUT2D eigenvalue weighted by Gasteiger charge is 2.13. The van der Waals surface area contributed by atoms with Crippen LogP contribution in [0.3, 0.4) is 0 Å². The summed E-state index contributed by atoms with van der Waals surface area (Å²) in [5.74, 6) is -0.264. The van der Waals surface area contributed by atoms with Crippen LogP contribution in [-0.2, 0) is 4.74 Å². The van der Waals surface area contributed by atoms with E-state index in [4.69, 9.17) is 4.74 Å². The smallest absolute Gasteiger partial charge is 0.338 e. The van der Waals surface area contributed by atoms with Crippen LogP contribution in [0.25, 0.3) is 0 Å². The summed E-state index contributed by atoms with van der Waals surface area (Å²) in [5.41, 5.74) is 1.57. The molecule has 4 nitrogen and oxygen atoms in total. The third kappa shape index (κ3) is 3.47. The second-order valence-corrected chi connectivity index (χ2v) is 4.48. The number of benzene rings is 1. The number of hydrogen-bond donors (Lipinski definition) is 2. The second kappa shape index (κ2) is 6.40. The molecule has 1 atom stereocenters. The fraction of sp³-hybridized carbons (Fsp3) is 0.500. The molecule has 2 N–H and O–H groups in total. The molecule has 1 aliphatic rings. The summed E-state index contributed by atoms with van der Waals surface area (Å²) in [6.45, 7) is 4.22. The Bertz CT molecular complexity index is 401. The van der Waals surface area contributed by atoms with E-state index in [2.05, 4.69) is 10.6 Å². The normalized spacial score (nSPS) is 18.6. The average molecular weight is 248 g/mol. The third-order valence-corrected chi connectivity index (χ3v) is 3.09. The van der Waals surface area contributed by atoms with Gasteiger partial charge in [0.15, 0.2) is 0 Å². The average Bonchev–Trinajstić information content (AvgIpc) is 2.90. The lowest BCUT2D eigenvalue weighted by molar-refractivity contribution is 0.0526. The topological polar surface area (TPSA) is 50.4 Å². The minimum absolute atomic E-state index is 0.264. The van der Waals surface area contributed by atoms with Crippen LogP contribution in [0.1, 0.15) is 30.1 Å². The van der Waals surface area contributed by atoms with E-state index >= 15 is 0 Å². The zero-order valence-electron chi connectivity index (χ0n) is 10.7. The zero-order valence-corrected chi connectivity index (χ0v) is 10.7. The van der Waals surface area contributed by atoms with E-state index in [9.17, 15) is 4.79 Å². The van der Waals surface area contributed by atoms with E-state index < -0.39 is 0 Å².